The maximum atomic E-state index is 11.7. The Morgan fingerprint density at radius 3 is 2.76 bits per heavy atom. The number of halogens is 1. The predicted octanol–water partition coefficient (Wildman–Crippen LogP) is 2.33. The van der Waals surface area contributed by atoms with Gasteiger partial charge in [-0.1, -0.05) is 11.6 Å². The highest BCUT2D eigenvalue weighted by molar-refractivity contribution is 6.32. The molecule has 0 aliphatic carbocycles. The minimum absolute atomic E-state index is 0.0689. The van der Waals surface area contributed by atoms with Crippen molar-refractivity contribution in [3.63, 3.8) is 0 Å². The first-order valence-electron chi connectivity index (χ1n) is 5.04. The van der Waals surface area contributed by atoms with E-state index in [0.717, 1.165) is 0 Å². The number of nitrogens with one attached hydrogen (secondary N) is 1. The molecule has 0 atom stereocenters. The molecule has 17 heavy (non-hydrogen) atoms. The molecule has 0 saturated carbocycles. The van der Waals surface area contributed by atoms with Crippen molar-refractivity contribution in [1.82, 2.24) is 5.32 Å². The van der Waals surface area contributed by atoms with Gasteiger partial charge < -0.3 is 10.4 Å². The summed E-state index contributed by atoms with van der Waals surface area (Å²) >= 11 is 5.69. The number of nitriles is 1. The van der Waals surface area contributed by atoms with Gasteiger partial charge in [0.05, 0.1) is 16.5 Å². The zero-order valence-electron chi connectivity index (χ0n) is 9.62. The highest BCUT2D eigenvalue weighted by atomic mass is 35.5. The van der Waals surface area contributed by atoms with E-state index in [0.29, 0.717) is 5.56 Å². The van der Waals surface area contributed by atoms with Crippen LogP contribution in [0.2, 0.25) is 5.02 Å². The molecule has 1 aromatic carbocycles. The van der Waals surface area contributed by atoms with E-state index in [2.05, 4.69) is 11.4 Å². The Kier molecular flexibility index (Phi) is 3.97. The molecule has 0 heterocycles. The van der Waals surface area contributed by atoms with Crippen molar-refractivity contribution in [2.75, 3.05) is 6.54 Å². The van der Waals surface area contributed by atoms with E-state index in [1.165, 1.54) is 18.2 Å². The molecule has 1 aromatic rings. The zero-order chi connectivity index (χ0) is 13.1. The second-order valence-electron chi connectivity index (χ2n) is 4.34. The monoisotopic (exact) mass is 252 g/mol. The topological polar surface area (TPSA) is 73.1 Å². The summed E-state index contributed by atoms with van der Waals surface area (Å²) in [6.07, 6.45) is 0. The smallest absolute Gasteiger partial charge is 0.251 e. The lowest BCUT2D eigenvalue weighted by molar-refractivity contribution is 0.0943. The molecule has 0 saturated heterocycles. The number of benzene rings is 1. The molecule has 5 heteroatoms. The van der Waals surface area contributed by atoms with Crippen molar-refractivity contribution in [3.8, 4) is 11.8 Å². The SMILES string of the molecule is CC(C)(C#N)CNC(=O)c1ccc(O)c(Cl)c1. The summed E-state index contributed by atoms with van der Waals surface area (Å²) in [6, 6.07) is 6.29. The number of nitrogens with zero attached hydrogens (tertiary/aromatic N) is 1. The van der Waals surface area contributed by atoms with Gasteiger partial charge in [-0.15, -0.1) is 0 Å². The number of phenolic OH excluding ortho intramolecular Hbond substituents is 1. The maximum Gasteiger partial charge on any atom is 0.251 e. The molecule has 90 valence electrons. The molecule has 0 radical (unpaired) electrons. The summed E-state index contributed by atoms with van der Waals surface area (Å²) in [6.45, 7) is 3.72. The van der Waals surface area contributed by atoms with E-state index in [4.69, 9.17) is 16.9 Å². The van der Waals surface area contributed by atoms with E-state index < -0.39 is 5.41 Å². The third-order valence-electron chi connectivity index (χ3n) is 2.20. The van der Waals surface area contributed by atoms with Crippen LogP contribution in [0.4, 0.5) is 0 Å². The molecular weight excluding hydrogens is 240 g/mol. The first-order chi connectivity index (χ1) is 7.85. The van der Waals surface area contributed by atoms with Crippen LogP contribution < -0.4 is 5.32 Å². The van der Waals surface area contributed by atoms with Crippen LogP contribution in [0.15, 0.2) is 18.2 Å². The number of hydrogen-bond donors (Lipinski definition) is 2. The van der Waals surface area contributed by atoms with Gasteiger partial charge in [0.15, 0.2) is 0 Å². The molecule has 0 fully saturated rings. The standard InChI is InChI=1S/C12H13ClN2O2/c1-12(2,6-14)7-15-11(17)8-3-4-10(16)9(13)5-8/h3-5,16H,7H2,1-2H3,(H,15,17). The zero-order valence-corrected chi connectivity index (χ0v) is 10.4. The second kappa shape index (κ2) is 5.07. The van der Waals surface area contributed by atoms with Crippen molar-refractivity contribution in [2.24, 2.45) is 5.41 Å². The fraction of sp³-hybridized carbons (Fsp3) is 0.333. The number of rotatable bonds is 3. The van der Waals surface area contributed by atoms with Gasteiger partial charge in [-0.25, -0.2) is 0 Å². The average Bonchev–Trinajstić information content (AvgIpc) is 2.30. The van der Waals surface area contributed by atoms with Gasteiger partial charge in [-0.05, 0) is 32.0 Å². The van der Waals surface area contributed by atoms with Crippen molar-refractivity contribution in [1.29, 1.82) is 5.26 Å². The Bertz CT molecular complexity index is 478. The van der Waals surface area contributed by atoms with Gasteiger partial charge in [0.25, 0.3) is 5.91 Å². The van der Waals surface area contributed by atoms with E-state index in [1.54, 1.807) is 13.8 Å². The Balaban J connectivity index is 2.72. The molecule has 0 spiro atoms. The van der Waals surface area contributed by atoms with Gasteiger partial charge in [-0.3, -0.25) is 4.79 Å². The summed E-state index contributed by atoms with van der Waals surface area (Å²) in [5.74, 6) is -0.393. The Morgan fingerprint density at radius 2 is 2.24 bits per heavy atom. The fourth-order valence-electron chi connectivity index (χ4n) is 1.09. The quantitative estimate of drug-likeness (QED) is 0.867. The molecule has 0 aliphatic heterocycles. The van der Waals surface area contributed by atoms with Gasteiger partial charge in [0, 0.05) is 12.1 Å². The van der Waals surface area contributed by atoms with Crippen molar-refractivity contribution < 1.29 is 9.90 Å². The summed E-state index contributed by atoms with van der Waals surface area (Å²) < 4.78 is 0. The van der Waals surface area contributed by atoms with Crippen LogP contribution in [0.25, 0.3) is 0 Å². The van der Waals surface area contributed by atoms with E-state index in [9.17, 15) is 9.90 Å². The first-order valence-corrected chi connectivity index (χ1v) is 5.41. The molecule has 1 amide bonds. The van der Waals surface area contributed by atoms with Crippen molar-refractivity contribution in [3.05, 3.63) is 28.8 Å². The minimum Gasteiger partial charge on any atom is -0.506 e. The number of phenols is 1. The number of hydrogen-bond acceptors (Lipinski definition) is 3. The third kappa shape index (κ3) is 3.65. The highest BCUT2D eigenvalue weighted by Gasteiger charge is 2.18. The first kappa shape index (κ1) is 13.3. The Labute approximate surface area is 105 Å². The molecule has 0 unspecified atom stereocenters. The molecule has 0 aliphatic rings. The number of aromatic hydroxyl groups is 1. The van der Waals surface area contributed by atoms with E-state index in [-0.39, 0.29) is 23.2 Å². The molecular formula is C12H13ClN2O2. The number of carbonyl (C=O) groups is 1. The molecule has 0 aromatic heterocycles. The third-order valence-corrected chi connectivity index (χ3v) is 2.51. The fourth-order valence-corrected chi connectivity index (χ4v) is 1.27. The summed E-state index contributed by atoms with van der Waals surface area (Å²) in [4.78, 5) is 11.7. The Morgan fingerprint density at radius 1 is 1.59 bits per heavy atom. The average molecular weight is 253 g/mol. The molecule has 1 rings (SSSR count). The van der Waals surface area contributed by atoms with Crippen molar-refractivity contribution >= 4 is 17.5 Å². The van der Waals surface area contributed by atoms with E-state index in [1.807, 2.05) is 0 Å². The Hall–Kier alpha value is -1.73. The summed E-state index contributed by atoms with van der Waals surface area (Å²) in [5.41, 5.74) is -0.266. The normalized spacial score (nSPS) is 10.7. The van der Waals surface area contributed by atoms with Gasteiger partial charge in [0.1, 0.15) is 5.75 Å². The van der Waals surface area contributed by atoms with Crippen LogP contribution in [0.5, 0.6) is 5.75 Å². The summed E-state index contributed by atoms with van der Waals surface area (Å²) in [7, 11) is 0. The van der Waals surface area contributed by atoms with E-state index >= 15 is 0 Å². The second-order valence-corrected chi connectivity index (χ2v) is 4.75. The van der Waals surface area contributed by atoms with Crippen molar-refractivity contribution in [2.45, 2.75) is 13.8 Å². The largest absolute Gasteiger partial charge is 0.506 e. The van der Waals surface area contributed by atoms with Crippen LogP contribution in [0, 0.1) is 16.7 Å². The lowest BCUT2D eigenvalue weighted by Crippen LogP contribution is -2.33. The number of amides is 1. The van der Waals surface area contributed by atoms with Crippen LogP contribution in [0.1, 0.15) is 24.2 Å². The predicted molar refractivity (Wildman–Crippen MR) is 64.8 cm³/mol. The highest BCUT2D eigenvalue weighted by Crippen LogP contribution is 2.23. The number of carbonyl (C=O) groups excluding carboxylic acids is 1. The molecule has 4 nitrogen and oxygen atoms in total. The van der Waals surface area contributed by atoms with Gasteiger partial charge in [-0.2, -0.15) is 5.26 Å². The minimum atomic E-state index is -0.615. The van der Waals surface area contributed by atoms with Gasteiger partial charge in [0.2, 0.25) is 0 Å². The molecule has 0 bridgehead atoms. The van der Waals surface area contributed by atoms with Crippen LogP contribution in [-0.2, 0) is 0 Å². The van der Waals surface area contributed by atoms with Crippen LogP contribution in [-0.4, -0.2) is 17.6 Å². The lowest BCUT2D eigenvalue weighted by Gasteiger charge is -2.15. The maximum absolute atomic E-state index is 11.7. The molecule has 2 N–H and O–H groups in total. The lowest BCUT2D eigenvalue weighted by atomic mass is 9.96. The summed E-state index contributed by atoms with van der Waals surface area (Å²) in [5, 5.41) is 20.8. The van der Waals surface area contributed by atoms with Crippen LogP contribution >= 0.6 is 11.6 Å². The van der Waals surface area contributed by atoms with Crippen LogP contribution in [0.3, 0.4) is 0 Å². The van der Waals surface area contributed by atoms with Gasteiger partial charge >= 0.3 is 0 Å².